The van der Waals surface area contributed by atoms with E-state index in [1.165, 1.54) is 24.3 Å². The number of benzene rings is 4. The zero-order valence-electron chi connectivity index (χ0n) is 22.4. The summed E-state index contributed by atoms with van der Waals surface area (Å²) >= 11 is 0. The zero-order chi connectivity index (χ0) is 29.9. The van der Waals surface area contributed by atoms with Gasteiger partial charge in [-0.05, 0) is 47.5 Å². The second-order valence-corrected chi connectivity index (χ2v) is 9.41. The lowest BCUT2D eigenvalue weighted by Gasteiger charge is -2.15. The highest BCUT2D eigenvalue weighted by Crippen LogP contribution is 2.21. The largest absolute Gasteiger partial charge is 0.480 e. The maximum atomic E-state index is 12.8. The molecule has 0 aliphatic rings. The predicted molar refractivity (Wildman–Crippen MR) is 155 cm³/mol. The number of nitrogens with one attached hydrogen (secondary N) is 2. The van der Waals surface area contributed by atoms with Crippen molar-refractivity contribution >= 4 is 35.1 Å². The van der Waals surface area contributed by atoms with Gasteiger partial charge in [-0.25, -0.2) is 9.59 Å². The standard InChI is InChI=1S/C32H28N4O6/c37-29(33-27(31(39)40)17-21-9-3-1-4-10-21)23-13-7-15-25(19-23)35-36-26-16-8-14-24(20-26)30(38)34-28(32(41)42)18-22-11-5-2-6-12-22/h1-16,19-20,27-28H,17-18H2,(H,33,37)(H,34,38)(H,39,40)(H,41,42)/t27-,28-/m0/s1. The van der Waals surface area contributed by atoms with Gasteiger partial charge >= 0.3 is 11.9 Å². The van der Waals surface area contributed by atoms with Gasteiger partial charge in [-0.2, -0.15) is 10.2 Å². The second-order valence-electron chi connectivity index (χ2n) is 9.41. The third-order valence-electron chi connectivity index (χ3n) is 6.27. The Hall–Kier alpha value is -5.64. The van der Waals surface area contributed by atoms with Crippen LogP contribution >= 0.6 is 0 Å². The lowest BCUT2D eigenvalue weighted by atomic mass is 10.1. The summed E-state index contributed by atoms with van der Waals surface area (Å²) < 4.78 is 0. The number of carboxylic acid groups (broad SMARTS) is 2. The number of hydrogen-bond donors (Lipinski definition) is 4. The molecule has 0 spiro atoms. The summed E-state index contributed by atoms with van der Waals surface area (Å²) in [5, 5.41) is 32.6. The summed E-state index contributed by atoms with van der Waals surface area (Å²) in [7, 11) is 0. The van der Waals surface area contributed by atoms with Gasteiger partial charge in [0.05, 0.1) is 11.4 Å². The summed E-state index contributed by atoms with van der Waals surface area (Å²) in [5.74, 6) is -3.45. The Morgan fingerprint density at radius 1 is 0.548 bits per heavy atom. The van der Waals surface area contributed by atoms with Crippen molar-refractivity contribution in [3.63, 3.8) is 0 Å². The van der Waals surface area contributed by atoms with Crippen LogP contribution < -0.4 is 10.6 Å². The molecule has 2 atom stereocenters. The molecular weight excluding hydrogens is 536 g/mol. The highest BCUT2D eigenvalue weighted by atomic mass is 16.4. The molecule has 0 aliphatic carbocycles. The van der Waals surface area contributed by atoms with E-state index in [-0.39, 0.29) is 24.0 Å². The van der Waals surface area contributed by atoms with E-state index in [1.54, 1.807) is 72.8 Å². The first-order valence-corrected chi connectivity index (χ1v) is 13.1. The van der Waals surface area contributed by atoms with E-state index >= 15 is 0 Å². The second kappa shape index (κ2) is 14.1. The fourth-order valence-corrected chi connectivity index (χ4v) is 4.12. The predicted octanol–water partition coefficient (Wildman–Crippen LogP) is 4.95. The normalized spacial score (nSPS) is 12.3. The number of carbonyl (C=O) groups excluding carboxylic acids is 2. The molecule has 42 heavy (non-hydrogen) atoms. The maximum absolute atomic E-state index is 12.8. The minimum atomic E-state index is -1.15. The summed E-state index contributed by atoms with van der Waals surface area (Å²) in [6.07, 6.45) is 0.259. The van der Waals surface area contributed by atoms with Crippen LogP contribution in [0.1, 0.15) is 31.8 Å². The average Bonchev–Trinajstić information content (AvgIpc) is 3.00. The summed E-state index contributed by atoms with van der Waals surface area (Å²) in [5.41, 5.74) is 2.63. The van der Waals surface area contributed by atoms with E-state index in [1.807, 2.05) is 12.1 Å². The van der Waals surface area contributed by atoms with Gasteiger partial charge in [0, 0.05) is 24.0 Å². The maximum Gasteiger partial charge on any atom is 0.326 e. The van der Waals surface area contributed by atoms with E-state index in [0.29, 0.717) is 11.4 Å². The van der Waals surface area contributed by atoms with E-state index in [9.17, 15) is 29.4 Å². The molecule has 4 N–H and O–H groups in total. The number of amides is 2. The highest BCUT2D eigenvalue weighted by molar-refractivity contribution is 5.98. The third kappa shape index (κ3) is 8.43. The van der Waals surface area contributed by atoms with Crippen LogP contribution in [-0.2, 0) is 22.4 Å². The Kier molecular flexibility index (Phi) is 9.87. The first kappa shape index (κ1) is 29.3. The molecule has 2 amide bonds. The van der Waals surface area contributed by atoms with Crippen LogP contribution in [0.4, 0.5) is 11.4 Å². The molecule has 0 radical (unpaired) electrons. The van der Waals surface area contributed by atoms with Crippen LogP contribution in [0.3, 0.4) is 0 Å². The smallest absolute Gasteiger partial charge is 0.326 e. The number of carbonyl (C=O) groups is 4. The Morgan fingerprint density at radius 3 is 1.29 bits per heavy atom. The van der Waals surface area contributed by atoms with Crippen LogP contribution in [0.5, 0.6) is 0 Å². The topological polar surface area (TPSA) is 158 Å². The van der Waals surface area contributed by atoms with Gasteiger partial charge in [0.1, 0.15) is 12.1 Å². The van der Waals surface area contributed by atoms with Crippen molar-refractivity contribution in [2.24, 2.45) is 10.2 Å². The molecule has 0 saturated heterocycles. The molecule has 4 aromatic carbocycles. The molecule has 4 aromatic rings. The molecule has 10 heteroatoms. The van der Waals surface area contributed by atoms with Crippen molar-refractivity contribution in [1.29, 1.82) is 0 Å². The Balaban J connectivity index is 1.41. The number of rotatable bonds is 12. The van der Waals surface area contributed by atoms with Gasteiger partial charge in [0.2, 0.25) is 0 Å². The van der Waals surface area contributed by atoms with Gasteiger partial charge in [-0.15, -0.1) is 0 Å². The molecule has 0 aliphatic heterocycles. The van der Waals surface area contributed by atoms with Gasteiger partial charge in [-0.3, -0.25) is 9.59 Å². The van der Waals surface area contributed by atoms with Crippen LogP contribution in [0.15, 0.2) is 119 Å². The van der Waals surface area contributed by atoms with Crippen LogP contribution in [0.25, 0.3) is 0 Å². The van der Waals surface area contributed by atoms with Crippen molar-refractivity contribution in [1.82, 2.24) is 10.6 Å². The minimum Gasteiger partial charge on any atom is -0.480 e. The van der Waals surface area contributed by atoms with Crippen molar-refractivity contribution in [3.8, 4) is 0 Å². The van der Waals surface area contributed by atoms with E-state index in [4.69, 9.17) is 0 Å². The van der Waals surface area contributed by atoms with Gasteiger partial charge in [0.15, 0.2) is 0 Å². The molecule has 4 rings (SSSR count). The summed E-state index contributed by atoms with van der Waals surface area (Å²) in [6.45, 7) is 0. The van der Waals surface area contributed by atoms with E-state index in [0.717, 1.165) is 11.1 Å². The number of azo groups is 1. The fourth-order valence-electron chi connectivity index (χ4n) is 4.12. The van der Waals surface area contributed by atoms with Gasteiger partial charge < -0.3 is 20.8 Å². The molecule has 0 fully saturated rings. The van der Waals surface area contributed by atoms with Crippen molar-refractivity contribution in [3.05, 3.63) is 131 Å². The van der Waals surface area contributed by atoms with E-state index < -0.39 is 35.8 Å². The van der Waals surface area contributed by atoms with Crippen LogP contribution in [0, 0.1) is 0 Å². The van der Waals surface area contributed by atoms with Gasteiger partial charge in [-0.1, -0.05) is 72.8 Å². The number of carboxylic acids is 2. The Labute approximate surface area is 241 Å². The monoisotopic (exact) mass is 564 g/mol. The molecule has 0 heterocycles. The molecular formula is C32H28N4O6. The average molecular weight is 565 g/mol. The first-order valence-electron chi connectivity index (χ1n) is 13.1. The molecule has 10 nitrogen and oxygen atoms in total. The zero-order valence-corrected chi connectivity index (χ0v) is 22.4. The van der Waals surface area contributed by atoms with Crippen molar-refractivity contribution in [2.75, 3.05) is 0 Å². The molecule has 212 valence electrons. The number of nitrogens with zero attached hydrogens (tertiary/aromatic N) is 2. The third-order valence-corrected chi connectivity index (χ3v) is 6.27. The molecule has 0 aromatic heterocycles. The number of aliphatic carboxylic acids is 2. The Bertz CT molecular complexity index is 1470. The minimum absolute atomic E-state index is 0.130. The lowest BCUT2D eigenvalue weighted by Crippen LogP contribution is -2.42. The molecule has 0 unspecified atom stereocenters. The lowest BCUT2D eigenvalue weighted by molar-refractivity contribution is -0.140. The molecule has 0 saturated carbocycles. The summed E-state index contributed by atoms with van der Waals surface area (Å²) in [4.78, 5) is 49.1. The Morgan fingerprint density at radius 2 is 0.929 bits per heavy atom. The van der Waals surface area contributed by atoms with Crippen LogP contribution in [0.2, 0.25) is 0 Å². The summed E-state index contributed by atoms with van der Waals surface area (Å²) in [6, 6.07) is 28.2. The SMILES string of the molecule is O=C(N[C@@H](Cc1ccccc1)C(=O)O)c1cccc(N=Nc2cccc(C(=O)N[C@@H](Cc3ccccc3)C(=O)O)c2)c1. The van der Waals surface area contributed by atoms with Crippen molar-refractivity contribution in [2.45, 2.75) is 24.9 Å². The first-order chi connectivity index (χ1) is 20.3. The fraction of sp³-hybridized carbons (Fsp3) is 0.125. The highest BCUT2D eigenvalue weighted by Gasteiger charge is 2.22. The van der Waals surface area contributed by atoms with Gasteiger partial charge in [0.25, 0.3) is 11.8 Å². The number of hydrogen-bond acceptors (Lipinski definition) is 6. The van der Waals surface area contributed by atoms with Crippen LogP contribution in [-0.4, -0.2) is 46.0 Å². The van der Waals surface area contributed by atoms with E-state index in [2.05, 4.69) is 20.9 Å². The quantitative estimate of drug-likeness (QED) is 0.178. The van der Waals surface area contributed by atoms with Crippen molar-refractivity contribution < 1.29 is 29.4 Å². The molecule has 0 bridgehead atoms.